The molecule has 0 fully saturated rings. The lowest BCUT2D eigenvalue weighted by Gasteiger charge is -2.08. The summed E-state index contributed by atoms with van der Waals surface area (Å²) in [6.07, 6.45) is 0. The minimum absolute atomic E-state index is 0.281. The van der Waals surface area contributed by atoms with Crippen molar-refractivity contribution in [3.63, 3.8) is 0 Å². The summed E-state index contributed by atoms with van der Waals surface area (Å²) in [6.45, 7) is 8.38. The summed E-state index contributed by atoms with van der Waals surface area (Å²) >= 11 is 0. The molecule has 0 aromatic heterocycles. The Bertz CT molecular complexity index is 51.9. The Morgan fingerprint density at radius 3 is 2.11 bits per heavy atom. The van der Waals surface area contributed by atoms with Crippen LogP contribution in [0.3, 0.4) is 0 Å². The lowest BCUT2D eigenvalue weighted by molar-refractivity contribution is 0.527. The van der Waals surface area contributed by atoms with E-state index in [1.54, 1.807) is 0 Å². The molecule has 0 aliphatic carbocycles. The number of nitrogens with two attached hydrogens (primary N) is 1. The molecule has 0 aromatic rings. The topological polar surface area (TPSA) is 38.0 Å². The van der Waals surface area contributed by atoms with Gasteiger partial charge in [-0.1, -0.05) is 13.8 Å². The highest BCUT2D eigenvalue weighted by atomic mass is 14.9. The van der Waals surface area contributed by atoms with Crippen LogP contribution in [0.5, 0.6) is 0 Å². The van der Waals surface area contributed by atoms with Gasteiger partial charge in [0.1, 0.15) is 0 Å². The molecule has 0 aliphatic rings. The van der Waals surface area contributed by atoms with Crippen molar-refractivity contribution in [1.29, 1.82) is 0 Å². The standard InChI is InChI=1S/C7H18N2/c1-6(2)4-9-5-7(3)8/h6-7,9H,4-5,8H2,1-3H3. The van der Waals surface area contributed by atoms with Crippen LogP contribution < -0.4 is 11.1 Å². The van der Waals surface area contributed by atoms with Gasteiger partial charge in [0, 0.05) is 12.6 Å². The highest BCUT2D eigenvalue weighted by molar-refractivity contribution is 4.58. The maximum absolute atomic E-state index is 5.52. The van der Waals surface area contributed by atoms with Crippen LogP contribution in [-0.4, -0.2) is 19.1 Å². The Balaban J connectivity index is 2.91. The molecule has 56 valence electrons. The van der Waals surface area contributed by atoms with Crippen molar-refractivity contribution < 1.29 is 0 Å². The SMILES string of the molecule is CC(C)CNCC(C)N. The molecule has 1 unspecified atom stereocenters. The first-order valence-corrected chi connectivity index (χ1v) is 3.59. The van der Waals surface area contributed by atoms with Crippen LogP contribution in [-0.2, 0) is 0 Å². The molecule has 0 saturated heterocycles. The van der Waals surface area contributed by atoms with Gasteiger partial charge in [-0.25, -0.2) is 0 Å². The van der Waals surface area contributed by atoms with Crippen molar-refractivity contribution in [1.82, 2.24) is 5.32 Å². The second-order valence-electron chi connectivity index (χ2n) is 3.03. The Labute approximate surface area is 57.8 Å². The zero-order valence-corrected chi connectivity index (χ0v) is 6.65. The molecular weight excluding hydrogens is 112 g/mol. The van der Waals surface area contributed by atoms with Gasteiger partial charge in [0.05, 0.1) is 0 Å². The molecule has 0 aromatic carbocycles. The van der Waals surface area contributed by atoms with Gasteiger partial charge in [0.2, 0.25) is 0 Å². The highest BCUT2D eigenvalue weighted by Crippen LogP contribution is 1.86. The van der Waals surface area contributed by atoms with E-state index in [9.17, 15) is 0 Å². The molecule has 3 N–H and O–H groups in total. The van der Waals surface area contributed by atoms with Crippen LogP contribution >= 0.6 is 0 Å². The number of hydrogen-bond acceptors (Lipinski definition) is 2. The zero-order valence-electron chi connectivity index (χ0n) is 6.65. The maximum atomic E-state index is 5.52. The summed E-state index contributed by atoms with van der Waals surface area (Å²) in [5.41, 5.74) is 5.52. The normalized spacial score (nSPS) is 14.3. The van der Waals surface area contributed by atoms with Gasteiger partial charge in [0.15, 0.2) is 0 Å². The first-order chi connectivity index (χ1) is 4.13. The quantitative estimate of drug-likeness (QED) is 0.584. The van der Waals surface area contributed by atoms with E-state index in [1.807, 2.05) is 6.92 Å². The van der Waals surface area contributed by atoms with Crippen LogP contribution in [0, 0.1) is 5.92 Å². The van der Waals surface area contributed by atoms with E-state index in [0.29, 0.717) is 0 Å². The molecule has 0 heterocycles. The first-order valence-electron chi connectivity index (χ1n) is 3.59. The molecule has 0 aliphatic heterocycles. The molecule has 9 heavy (non-hydrogen) atoms. The maximum Gasteiger partial charge on any atom is 0.0136 e. The van der Waals surface area contributed by atoms with Crippen molar-refractivity contribution in [2.24, 2.45) is 11.7 Å². The van der Waals surface area contributed by atoms with E-state index in [-0.39, 0.29) is 6.04 Å². The molecule has 0 rings (SSSR count). The van der Waals surface area contributed by atoms with E-state index in [1.165, 1.54) is 0 Å². The van der Waals surface area contributed by atoms with Gasteiger partial charge in [-0.15, -0.1) is 0 Å². The monoisotopic (exact) mass is 130 g/mol. The number of hydrogen-bond donors (Lipinski definition) is 2. The zero-order chi connectivity index (χ0) is 7.28. The molecular formula is C7H18N2. The highest BCUT2D eigenvalue weighted by Gasteiger charge is 1.94. The molecule has 2 nitrogen and oxygen atoms in total. The third-order valence-electron chi connectivity index (χ3n) is 1.02. The van der Waals surface area contributed by atoms with Crippen molar-refractivity contribution in [3.05, 3.63) is 0 Å². The average molecular weight is 130 g/mol. The van der Waals surface area contributed by atoms with Gasteiger partial charge in [-0.2, -0.15) is 0 Å². The van der Waals surface area contributed by atoms with Crippen molar-refractivity contribution >= 4 is 0 Å². The lowest BCUT2D eigenvalue weighted by atomic mass is 10.2. The Morgan fingerprint density at radius 1 is 1.22 bits per heavy atom. The summed E-state index contributed by atoms with van der Waals surface area (Å²) in [4.78, 5) is 0. The van der Waals surface area contributed by atoms with Crippen LogP contribution in [0.2, 0.25) is 0 Å². The van der Waals surface area contributed by atoms with Crippen LogP contribution in [0.25, 0.3) is 0 Å². The smallest absolute Gasteiger partial charge is 0.0136 e. The Hall–Kier alpha value is -0.0800. The molecule has 1 atom stereocenters. The minimum atomic E-state index is 0.281. The summed E-state index contributed by atoms with van der Waals surface area (Å²) < 4.78 is 0. The number of nitrogens with one attached hydrogen (secondary N) is 1. The third-order valence-corrected chi connectivity index (χ3v) is 1.02. The van der Waals surface area contributed by atoms with E-state index in [4.69, 9.17) is 5.73 Å². The second kappa shape index (κ2) is 4.77. The largest absolute Gasteiger partial charge is 0.327 e. The van der Waals surface area contributed by atoms with E-state index < -0.39 is 0 Å². The predicted octanol–water partition coefficient (Wildman–Crippen LogP) is 0.579. The molecule has 0 amide bonds. The van der Waals surface area contributed by atoms with Crippen molar-refractivity contribution in [2.75, 3.05) is 13.1 Å². The fourth-order valence-electron chi connectivity index (χ4n) is 0.600. The fourth-order valence-corrected chi connectivity index (χ4v) is 0.600. The summed E-state index contributed by atoms with van der Waals surface area (Å²) in [7, 11) is 0. The van der Waals surface area contributed by atoms with Crippen molar-refractivity contribution in [3.8, 4) is 0 Å². The predicted molar refractivity (Wildman–Crippen MR) is 41.4 cm³/mol. The van der Waals surface area contributed by atoms with Crippen LogP contribution in [0.4, 0.5) is 0 Å². The lowest BCUT2D eigenvalue weighted by Crippen LogP contribution is -2.33. The van der Waals surface area contributed by atoms with Gasteiger partial charge >= 0.3 is 0 Å². The summed E-state index contributed by atoms with van der Waals surface area (Å²) in [5.74, 6) is 0.726. The van der Waals surface area contributed by atoms with Crippen LogP contribution in [0.15, 0.2) is 0 Å². The molecule has 2 heteroatoms. The second-order valence-corrected chi connectivity index (χ2v) is 3.03. The number of rotatable bonds is 4. The molecule has 0 bridgehead atoms. The minimum Gasteiger partial charge on any atom is -0.327 e. The first kappa shape index (κ1) is 8.92. The van der Waals surface area contributed by atoms with Gasteiger partial charge in [0.25, 0.3) is 0 Å². The Morgan fingerprint density at radius 2 is 1.78 bits per heavy atom. The molecule has 0 spiro atoms. The summed E-state index contributed by atoms with van der Waals surface area (Å²) in [6, 6.07) is 0.281. The fraction of sp³-hybridized carbons (Fsp3) is 1.00. The van der Waals surface area contributed by atoms with Gasteiger partial charge in [-0.05, 0) is 19.4 Å². The van der Waals surface area contributed by atoms with Gasteiger partial charge in [-0.3, -0.25) is 0 Å². The average Bonchev–Trinajstić information content (AvgIpc) is 1.63. The van der Waals surface area contributed by atoms with Crippen LogP contribution in [0.1, 0.15) is 20.8 Å². The van der Waals surface area contributed by atoms with E-state index in [0.717, 1.165) is 19.0 Å². The molecule has 0 saturated carbocycles. The third kappa shape index (κ3) is 7.92. The van der Waals surface area contributed by atoms with E-state index in [2.05, 4.69) is 19.2 Å². The van der Waals surface area contributed by atoms with Gasteiger partial charge < -0.3 is 11.1 Å². The summed E-state index contributed by atoms with van der Waals surface area (Å²) in [5, 5.41) is 3.26. The molecule has 0 radical (unpaired) electrons. The Kier molecular flexibility index (Phi) is 4.72. The van der Waals surface area contributed by atoms with Crippen molar-refractivity contribution in [2.45, 2.75) is 26.8 Å². The van der Waals surface area contributed by atoms with E-state index >= 15 is 0 Å².